The second kappa shape index (κ2) is 4.59. The van der Waals surface area contributed by atoms with Crippen molar-refractivity contribution < 1.29 is 9.90 Å². The molecular formula is C8H13N3O2. The Hall–Kier alpha value is -1.39. The monoisotopic (exact) mass is 183 g/mol. The fourth-order valence-corrected chi connectivity index (χ4v) is 1.03. The molecule has 0 aliphatic rings. The van der Waals surface area contributed by atoms with Gasteiger partial charge in [-0.15, -0.1) is 0 Å². The van der Waals surface area contributed by atoms with Crippen molar-refractivity contribution in [1.82, 2.24) is 14.8 Å². The van der Waals surface area contributed by atoms with Crippen LogP contribution in [0.25, 0.3) is 0 Å². The van der Waals surface area contributed by atoms with E-state index in [0.29, 0.717) is 6.42 Å². The molecule has 13 heavy (non-hydrogen) atoms. The van der Waals surface area contributed by atoms with Gasteiger partial charge in [0.15, 0.2) is 0 Å². The molecule has 0 aliphatic carbocycles. The lowest BCUT2D eigenvalue weighted by molar-refractivity contribution is -0.141. The third-order valence-electron chi connectivity index (χ3n) is 1.91. The average molecular weight is 183 g/mol. The molecule has 1 atom stereocenters. The van der Waals surface area contributed by atoms with Crippen LogP contribution in [-0.2, 0) is 11.3 Å². The largest absolute Gasteiger partial charge is 0.481 e. The van der Waals surface area contributed by atoms with Crippen LogP contribution in [0.1, 0.15) is 19.8 Å². The van der Waals surface area contributed by atoms with Crippen molar-refractivity contribution in [3.05, 3.63) is 12.7 Å². The van der Waals surface area contributed by atoms with Gasteiger partial charge < -0.3 is 5.11 Å². The first-order valence-electron chi connectivity index (χ1n) is 4.25. The fraction of sp³-hybridized carbons (Fsp3) is 0.625. The van der Waals surface area contributed by atoms with Crippen molar-refractivity contribution in [2.45, 2.75) is 26.3 Å². The normalized spacial score (nSPS) is 12.7. The third kappa shape index (κ3) is 3.23. The standard InChI is InChI=1S/C8H13N3O2/c1-7(8(12)13)3-2-4-11-6-9-5-10-11/h5-7H,2-4H2,1H3,(H,12,13). The highest BCUT2D eigenvalue weighted by atomic mass is 16.4. The molecule has 0 aliphatic heterocycles. The van der Waals surface area contributed by atoms with E-state index in [-0.39, 0.29) is 5.92 Å². The molecule has 1 aromatic heterocycles. The maximum Gasteiger partial charge on any atom is 0.306 e. The van der Waals surface area contributed by atoms with Crippen LogP contribution < -0.4 is 0 Å². The first-order chi connectivity index (χ1) is 6.20. The van der Waals surface area contributed by atoms with Crippen LogP contribution >= 0.6 is 0 Å². The van der Waals surface area contributed by atoms with Crippen LogP contribution in [0.4, 0.5) is 0 Å². The lowest BCUT2D eigenvalue weighted by atomic mass is 10.1. The summed E-state index contributed by atoms with van der Waals surface area (Å²) in [4.78, 5) is 14.2. The zero-order valence-electron chi connectivity index (χ0n) is 7.55. The van der Waals surface area contributed by atoms with Crippen molar-refractivity contribution in [2.24, 2.45) is 5.92 Å². The van der Waals surface area contributed by atoms with Gasteiger partial charge in [-0.05, 0) is 12.8 Å². The van der Waals surface area contributed by atoms with Crippen molar-refractivity contribution in [3.63, 3.8) is 0 Å². The molecule has 1 N–H and O–H groups in total. The van der Waals surface area contributed by atoms with E-state index in [1.165, 1.54) is 6.33 Å². The summed E-state index contributed by atoms with van der Waals surface area (Å²) in [6.07, 6.45) is 4.60. The predicted octanol–water partition coefficient (Wildman–Crippen LogP) is 0.779. The van der Waals surface area contributed by atoms with Crippen molar-refractivity contribution in [2.75, 3.05) is 0 Å². The summed E-state index contributed by atoms with van der Waals surface area (Å²) in [7, 11) is 0. The van der Waals surface area contributed by atoms with Crippen LogP contribution in [0.2, 0.25) is 0 Å². The molecule has 72 valence electrons. The number of carboxylic acid groups (broad SMARTS) is 1. The highest BCUT2D eigenvalue weighted by molar-refractivity contribution is 5.69. The Morgan fingerprint density at radius 1 is 1.69 bits per heavy atom. The summed E-state index contributed by atoms with van der Waals surface area (Å²) >= 11 is 0. The van der Waals surface area contributed by atoms with Gasteiger partial charge in [0.2, 0.25) is 0 Å². The quantitative estimate of drug-likeness (QED) is 0.732. The molecule has 0 saturated heterocycles. The zero-order chi connectivity index (χ0) is 9.68. The van der Waals surface area contributed by atoms with E-state index in [2.05, 4.69) is 10.1 Å². The maximum absolute atomic E-state index is 10.5. The minimum atomic E-state index is -0.737. The first-order valence-corrected chi connectivity index (χ1v) is 4.25. The number of carbonyl (C=O) groups is 1. The van der Waals surface area contributed by atoms with E-state index in [1.807, 2.05) is 0 Å². The molecule has 0 aromatic carbocycles. The maximum atomic E-state index is 10.5. The Morgan fingerprint density at radius 3 is 3.00 bits per heavy atom. The van der Waals surface area contributed by atoms with Crippen LogP contribution in [-0.4, -0.2) is 25.8 Å². The Bertz CT molecular complexity index is 258. The lowest BCUT2D eigenvalue weighted by Gasteiger charge is -2.04. The van der Waals surface area contributed by atoms with Crippen molar-refractivity contribution >= 4 is 5.97 Å². The smallest absolute Gasteiger partial charge is 0.306 e. The van der Waals surface area contributed by atoms with E-state index in [1.54, 1.807) is 17.9 Å². The summed E-state index contributed by atoms with van der Waals surface area (Å²) in [5.74, 6) is -1.01. The second-order valence-electron chi connectivity index (χ2n) is 3.04. The molecule has 1 aromatic rings. The van der Waals surface area contributed by atoms with Gasteiger partial charge in [-0.25, -0.2) is 4.98 Å². The number of nitrogens with zero attached hydrogens (tertiary/aromatic N) is 3. The summed E-state index contributed by atoms with van der Waals surface area (Å²) in [5.41, 5.74) is 0. The molecule has 0 spiro atoms. The van der Waals surface area contributed by atoms with E-state index < -0.39 is 5.97 Å². The number of aromatic nitrogens is 3. The number of hydrogen-bond acceptors (Lipinski definition) is 3. The van der Waals surface area contributed by atoms with Crippen molar-refractivity contribution in [1.29, 1.82) is 0 Å². The van der Waals surface area contributed by atoms with E-state index in [4.69, 9.17) is 5.11 Å². The van der Waals surface area contributed by atoms with Gasteiger partial charge in [0.25, 0.3) is 0 Å². The summed E-state index contributed by atoms with van der Waals surface area (Å²) < 4.78 is 1.70. The molecule has 5 heteroatoms. The fourth-order valence-electron chi connectivity index (χ4n) is 1.03. The van der Waals surface area contributed by atoms with Crippen LogP contribution in [0.15, 0.2) is 12.7 Å². The van der Waals surface area contributed by atoms with E-state index >= 15 is 0 Å². The van der Waals surface area contributed by atoms with Gasteiger partial charge in [-0.1, -0.05) is 6.92 Å². The molecule has 0 saturated carbocycles. The third-order valence-corrected chi connectivity index (χ3v) is 1.91. The predicted molar refractivity (Wildman–Crippen MR) is 46.1 cm³/mol. The zero-order valence-corrected chi connectivity index (χ0v) is 7.55. The minimum absolute atomic E-state index is 0.275. The number of carboxylic acids is 1. The van der Waals surface area contributed by atoms with Gasteiger partial charge in [-0.2, -0.15) is 5.10 Å². The summed E-state index contributed by atoms with van der Waals surface area (Å²) in [6, 6.07) is 0. The van der Waals surface area contributed by atoms with Gasteiger partial charge in [-0.3, -0.25) is 9.48 Å². The molecule has 5 nitrogen and oxygen atoms in total. The number of hydrogen-bond donors (Lipinski definition) is 1. The number of aryl methyl sites for hydroxylation is 1. The Balaban J connectivity index is 2.18. The first kappa shape index (κ1) is 9.70. The molecule has 0 bridgehead atoms. The molecule has 1 unspecified atom stereocenters. The number of rotatable bonds is 5. The van der Waals surface area contributed by atoms with Crippen LogP contribution in [0, 0.1) is 5.92 Å². The topological polar surface area (TPSA) is 68.0 Å². The number of aliphatic carboxylic acids is 1. The molecule has 1 heterocycles. The molecule has 0 fully saturated rings. The van der Waals surface area contributed by atoms with Crippen LogP contribution in [0.3, 0.4) is 0 Å². The Kier molecular flexibility index (Phi) is 3.42. The Labute approximate surface area is 76.4 Å². The van der Waals surface area contributed by atoms with Gasteiger partial charge in [0.1, 0.15) is 12.7 Å². The second-order valence-corrected chi connectivity index (χ2v) is 3.04. The van der Waals surface area contributed by atoms with E-state index in [9.17, 15) is 4.79 Å². The van der Waals surface area contributed by atoms with Crippen LogP contribution in [0.5, 0.6) is 0 Å². The van der Waals surface area contributed by atoms with Crippen molar-refractivity contribution in [3.8, 4) is 0 Å². The Morgan fingerprint density at radius 2 is 2.46 bits per heavy atom. The summed E-state index contributed by atoms with van der Waals surface area (Å²) in [6.45, 7) is 2.45. The average Bonchev–Trinajstić information content (AvgIpc) is 2.56. The SMILES string of the molecule is CC(CCCn1cncn1)C(=O)O. The lowest BCUT2D eigenvalue weighted by Crippen LogP contribution is -2.10. The molecular weight excluding hydrogens is 170 g/mol. The summed E-state index contributed by atoms with van der Waals surface area (Å²) in [5, 5.41) is 12.5. The molecule has 0 radical (unpaired) electrons. The van der Waals surface area contributed by atoms with Gasteiger partial charge in [0, 0.05) is 6.54 Å². The highest BCUT2D eigenvalue weighted by Crippen LogP contribution is 2.05. The molecule has 0 amide bonds. The minimum Gasteiger partial charge on any atom is -0.481 e. The molecule has 1 rings (SSSR count). The van der Waals surface area contributed by atoms with Gasteiger partial charge >= 0.3 is 5.97 Å². The highest BCUT2D eigenvalue weighted by Gasteiger charge is 2.09. The van der Waals surface area contributed by atoms with E-state index in [0.717, 1.165) is 13.0 Å². The van der Waals surface area contributed by atoms with Gasteiger partial charge in [0.05, 0.1) is 5.92 Å².